The van der Waals surface area contributed by atoms with Crippen LogP contribution < -0.4 is 4.74 Å². The molecule has 150 valence electrons. The standard InChI is InChI=1S/C21H26FN3O3/c1-2-25-18-10-12-27-13-17(18)21(23-25)19-5-3-4-11-24(19)20(26)14-28-16-8-6-15(22)7-9-16/h6-9,19H,2-5,10-14H2,1H3. The van der Waals surface area contributed by atoms with Gasteiger partial charge in [0.25, 0.3) is 5.91 Å². The van der Waals surface area contributed by atoms with Crippen molar-refractivity contribution >= 4 is 5.91 Å². The molecular formula is C21H26FN3O3. The summed E-state index contributed by atoms with van der Waals surface area (Å²) in [5.74, 6) is 0.100. The SMILES string of the molecule is CCn1nc(C2CCCCN2C(=O)COc2ccc(F)cc2)c2c1CCOC2. The van der Waals surface area contributed by atoms with Crippen LogP contribution in [0.25, 0.3) is 0 Å². The Kier molecular flexibility index (Phi) is 5.62. The first-order valence-electron chi connectivity index (χ1n) is 10.0. The highest BCUT2D eigenvalue weighted by Crippen LogP contribution is 2.35. The lowest BCUT2D eigenvalue weighted by atomic mass is 9.95. The van der Waals surface area contributed by atoms with Gasteiger partial charge in [0.05, 0.1) is 24.9 Å². The molecule has 1 aromatic heterocycles. The molecule has 1 aromatic carbocycles. The zero-order chi connectivity index (χ0) is 19.5. The Bertz CT molecular complexity index is 834. The van der Waals surface area contributed by atoms with Crippen molar-refractivity contribution in [2.24, 2.45) is 0 Å². The molecule has 1 amide bonds. The van der Waals surface area contributed by atoms with E-state index in [4.69, 9.17) is 14.6 Å². The Balaban J connectivity index is 1.52. The Labute approximate surface area is 164 Å². The number of aryl methyl sites for hydroxylation is 1. The van der Waals surface area contributed by atoms with Gasteiger partial charge >= 0.3 is 0 Å². The second-order valence-electron chi connectivity index (χ2n) is 7.27. The summed E-state index contributed by atoms with van der Waals surface area (Å²) in [7, 11) is 0. The fraction of sp³-hybridized carbons (Fsp3) is 0.524. The van der Waals surface area contributed by atoms with Gasteiger partial charge < -0.3 is 14.4 Å². The summed E-state index contributed by atoms with van der Waals surface area (Å²) in [4.78, 5) is 14.8. The molecule has 2 aliphatic rings. The van der Waals surface area contributed by atoms with Crippen molar-refractivity contribution in [3.05, 3.63) is 47.0 Å². The number of ether oxygens (including phenoxy) is 2. The van der Waals surface area contributed by atoms with Crippen LogP contribution in [0.15, 0.2) is 24.3 Å². The quantitative estimate of drug-likeness (QED) is 0.790. The maximum Gasteiger partial charge on any atom is 0.261 e. The van der Waals surface area contributed by atoms with Crippen LogP contribution in [0, 0.1) is 5.82 Å². The molecule has 2 aliphatic heterocycles. The Morgan fingerprint density at radius 1 is 1.32 bits per heavy atom. The van der Waals surface area contributed by atoms with E-state index in [1.165, 1.54) is 30.0 Å². The average molecular weight is 387 g/mol. The van der Waals surface area contributed by atoms with E-state index in [9.17, 15) is 9.18 Å². The van der Waals surface area contributed by atoms with Crippen LogP contribution >= 0.6 is 0 Å². The maximum atomic E-state index is 13.0. The first kappa shape index (κ1) is 18.9. The molecule has 0 spiro atoms. The normalized spacial score (nSPS) is 19.4. The predicted octanol–water partition coefficient (Wildman–Crippen LogP) is 3.25. The minimum absolute atomic E-state index is 0.0404. The molecule has 0 N–H and O–H groups in total. The van der Waals surface area contributed by atoms with Gasteiger partial charge in [0.1, 0.15) is 11.6 Å². The van der Waals surface area contributed by atoms with Crippen molar-refractivity contribution in [3.63, 3.8) is 0 Å². The first-order chi connectivity index (χ1) is 13.7. The van der Waals surface area contributed by atoms with Crippen LogP contribution in [0.1, 0.15) is 49.2 Å². The minimum atomic E-state index is -0.326. The van der Waals surface area contributed by atoms with Crippen LogP contribution in [0.4, 0.5) is 4.39 Å². The fourth-order valence-electron chi connectivity index (χ4n) is 4.14. The van der Waals surface area contributed by atoms with E-state index in [0.29, 0.717) is 18.9 Å². The number of benzene rings is 1. The lowest BCUT2D eigenvalue weighted by Crippen LogP contribution is -2.41. The third kappa shape index (κ3) is 3.76. The highest BCUT2D eigenvalue weighted by molar-refractivity contribution is 5.78. The molecule has 28 heavy (non-hydrogen) atoms. The number of aromatic nitrogens is 2. The molecule has 2 aromatic rings. The number of hydrogen-bond acceptors (Lipinski definition) is 4. The monoisotopic (exact) mass is 387 g/mol. The molecule has 6 nitrogen and oxygen atoms in total. The number of piperidine rings is 1. The molecule has 7 heteroatoms. The molecule has 3 heterocycles. The molecule has 1 fully saturated rings. The van der Waals surface area contributed by atoms with Gasteiger partial charge in [0.15, 0.2) is 6.61 Å². The summed E-state index contributed by atoms with van der Waals surface area (Å²) in [6.45, 7) is 4.83. The molecule has 0 aliphatic carbocycles. The average Bonchev–Trinajstić information content (AvgIpc) is 3.12. The maximum absolute atomic E-state index is 13.0. The van der Waals surface area contributed by atoms with Crippen molar-refractivity contribution < 1.29 is 18.7 Å². The van der Waals surface area contributed by atoms with Crippen molar-refractivity contribution in [1.82, 2.24) is 14.7 Å². The summed E-state index contributed by atoms with van der Waals surface area (Å²) in [5.41, 5.74) is 3.37. The third-order valence-corrected chi connectivity index (χ3v) is 5.54. The van der Waals surface area contributed by atoms with Gasteiger partial charge in [-0.2, -0.15) is 5.10 Å². The van der Waals surface area contributed by atoms with Gasteiger partial charge in [-0.3, -0.25) is 9.48 Å². The van der Waals surface area contributed by atoms with Crippen molar-refractivity contribution in [1.29, 1.82) is 0 Å². The highest BCUT2D eigenvalue weighted by atomic mass is 19.1. The van der Waals surface area contributed by atoms with Gasteiger partial charge in [-0.1, -0.05) is 0 Å². The number of carbonyl (C=O) groups is 1. The van der Waals surface area contributed by atoms with E-state index >= 15 is 0 Å². The summed E-state index contributed by atoms with van der Waals surface area (Å²) in [5, 5.41) is 4.85. The van der Waals surface area contributed by atoms with E-state index in [2.05, 4.69) is 11.6 Å². The van der Waals surface area contributed by atoms with Crippen molar-refractivity contribution in [2.45, 2.75) is 51.8 Å². The van der Waals surface area contributed by atoms with Crippen LogP contribution in [0.3, 0.4) is 0 Å². The molecule has 0 radical (unpaired) electrons. The van der Waals surface area contributed by atoms with Crippen molar-refractivity contribution in [3.8, 4) is 5.75 Å². The lowest BCUT2D eigenvalue weighted by Gasteiger charge is -2.35. The smallest absolute Gasteiger partial charge is 0.261 e. The molecule has 0 saturated carbocycles. The molecule has 1 unspecified atom stereocenters. The fourth-order valence-corrected chi connectivity index (χ4v) is 4.14. The Hall–Kier alpha value is -2.41. The second kappa shape index (κ2) is 8.31. The number of rotatable bonds is 5. The number of hydrogen-bond donors (Lipinski definition) is 0. The Morgan fingerprint density at radius 2 is 2.14 bits per heavy atom. The molecular weight excluding hydrogens is 361 g/mol. The van der Waals surface area contributed by atoms with Crippen molar-refractivity contribution in [2.75, 3.05) is 19.8 Å². The molecule has 0 bridgehead atoms. The van der Waals surface area contributed by atoms with E-state index in [1.54, 1.807) is 0 Å². The van der Waals surface area contributed by atoms with E-state index in [1.807, 2.05) is 4.90 Å². The topological polar surface area (TPSA) is 56.6 Å². The zero-order valence-electron chi connectivity index (χ0n) is 16.2. The predicted molar refractivity (Wildman–Crippen MR) is 101 cm³/mol. The zero-order valence-corrected chi connectivity index (χ0v) is 16.2. The van der Waals surface area contributed by atoms with Crippen LogP contribution in [0.5, 0.6) is 5.75 Å². The van der Waals surface area contributed by atoms with E-state index < -0.39 is 0 Å². The number of fused-ring (bicyclic) bond motifs is 1. The summed E-state index contributed by atoms with van der Waals surface area (Å²) >= 11 is 0. The van der Waals surface area contributed by atoms with Gasteiger partial charge in [0, 0.05) is 30.8 Å². The van der Waals surface area contributed by atoms with Gasteiger partial charge in [-0.05, 0) is 50.5 Å². The second-order valence-corrected chi connectivity index (χ2v) is 7.27. The molecule has 1 atom stereocenters. The number of carbonyl (C=O) groups excluding carboxylic acids is 1. The van der Waals surface area contributed by atoms with Gasteiger partial charge in [-0.15, -0.1) is 0 Å². The summed E-state index contributed by atoms with van der Waals surface area (Å²) in [6, 6.07) is 5.68. The van der Waals surface area contributed by atoms with E-state index in [-0.39, 0.29) is 24.4 Å². The third-order valence-electron chi connectivity index (χ3n) is 5.54. The summed E-state index contributed by atoms with van der Waals surface area (Å²) in [6.07, 6.45) is 3.81. The van der Waals surface area contributed by atoms with Crippen LogP contribution in [0.2, 0.25) is 0 Å². The first-order valence-corrected chi connectivity index (χ1v) is 10.0. The number of halogens is 1. The largest absolute Gasteiger partial charge is 0.484 e. The number of likely N-dealkylation sites (tertiary alicyclic amines) is 1. The number of nitrogens with zero attached hydrogens (tertiary/aromatic N) is 3. The molecule has 4 rings (SSSR count). The summed E-state index contributed by atoms with van der Waals surface area (Å²) < 4.78 is 26.4. The molecule has 1 saturated heterocycles. The minimum Gasteiger partial charge on any atom is -0.484 e. The van der Waals surface area contributed by atoms with Crippen LogP contribution in [-0.4, -0.2) is 40.3 Å². The van der Waals surface area contributed by atoms with Crippen LogP contribution in [-0.2, 0) is 29.1 Å². The van der Waals surface area contributed by atoms with Gasteiger partial charge in [-0.25, -0.2) is 4.39 Å². The lowest BCUT2D eigenvalue weighted by molar-refractivity contribution is -0.137. The highest BCUT2D eigenvalue weighted by Gasteiger charge is 2.34. The van der Waals surface area contributed by atoms with E-state index in [0.717, 1.165) is 50.1 Å². The van der Waals surface area contributed by atoms with Gasteiger partial charge in [0.2, 0.25) is 0 Å². The Morgan fingerprint density at radius 3 is 2.93 bits per heavy atom. The number of amides is 1.